The number of anilines is 2. The van der Waals surface area contributed by atoms with Gasteiger partial charge in [0.25, 0.3) is 0 Å². The molecule has 2 aromatic rings. The summed E-state index contributed by atoms with van der Waals surface area (Å²) in [5.41, 5.74) is 2.51. The van der Waals surface area contributed by atoms with Gasteiger partial charge in [0.15, 0.2) is 0 Å². The maximum Gasteiger partial charge on any atom is 0.207 e. The Labute approximate surface area is 118 Å². The third-order valence-electron chi connectivity index (χ3n) is 2.94. The quantitative estimate of drug-likeness (QED) is 0.822. The van der Waals surface area contributed by atoms with Gasteiger partial charge in [-0.3, -0.25) is 0 Å². The van der Waals surface area contributed by atoms with Crippen LogP contribution in [0.2, 0.25) is 0 Å². The second-order valence-electron chi connectivity index (χ2n) is 4.89. The number of aryl methyl sites for hydroxylation is 3. The number of rotatable bonds is 6. The smallest absolute Gasteiger partial charge is 0.207 e. The Bertz CT molecular complexity index is 560. The largest absolute Gasteiger partial charge is 0.385 e. The molecule has 1 heterocycles. The zero-order valence-electron chi connectivity index (χ0n) is 12.1. The Balaban J connectivity index is 2.15. The second-order valence-corrected chi connectivity index (χ2v) is 4.89. The highest BCUT2D eigenvalue weighted by molar-refractivity contribution is 5.55. The first-order valence-electron chi connectivity index (χ1n) is 6.65. The molecule has 20 heavy (non-hydrogen) atoms. The maximum atomic E-state index is 13.4. The van der Waals surface area contributed by atoms with Gasteiger partial charge in [0.2, 0.25) is 5.95 Å². The Morgan fingerprint density at radius 3 is 2.80 bits per heavy atom. The number of ether oxygens (including phenoxy) is 1. The molecule has 4 nitrogen and oxygen atoms in total. The molecule has 0 atom stereocenters. The highest BCUT2D eigenvalue weighted by Gasteiger charge is 2.07. The number of aromatic nitrogens is 2. The van der Waals surface area contributed by atoms with E-state index in [2.05, 4.69) is 10.3 Å². The first-order chi connectivity index (χ1) is 9.58. The summed E-state index contributed by atoms with van der Waals surface area (Å²) in [4.78, 5) is 4.43. The molecule has 0 radical (unpaired) electrons. The average molecular weight is 277 g/mol. The van der Waals surface area contributed by atoms with Gasteiger partial charge in [-0.1, -0.05) is 0 Å². The van der Waals surface area contributed by atoms with Crippen molar-refractivity contribution in [2.24, 2.45) is 0 Å². The molecular weight excluding hydrogens is 257 g/mol. The molecule has 0 amide bonds. The van der Waals surface area contributed by atoms with Gasteiger partial charge in [0.05, 0.1) is 5.69 Å². The zero-order chi connectivity index (χ0) is 14.5. The summed E-state index contributed by atoms with van der Waals surface area (Å²) < 4.78 is 20.5. The van der Waals surface area contributed by atoms with Gasteiger partial charge in [0, 0.05) is 32.1 Å². The van der Waals surface area contributed by atoms with Crippen LogP contribution in [0.3, 0.4) is 0 Å². The van der Waals surface area contributed by atoms with E-state index in [1.807, 2.05) is 30.7 Å². The summed E-state index contributed by atoms with van der Waals surface area (Å²) >= 11 is 0. The molecule has 1 aromatic heterocycles. The van der Waals surface area contributed by atoms with Crippen LogP contribution in [0.1, 0.15) is 17.7 Å². The average Bonchev–Trinajstić information content (AvgIpc) is 2.68. The van der Waals surface area contributed by atoms with Gasteiger partial charge in [-0.15, -0.1) is 0 Å². The molecule has 0 saturated heterocycles. The molecule has 0 aliphatic heterocycles. The summed E-state index contributed by atoms with van der Waals surface area (Å²) in [6.07, 6.45) is 2.88. The highest BCUT2D eigenvalue weighted by atomic mass is 19.1. The summed E-state index contributed by atoms with van der Waals surface area (Å²) in [5.74, 6) is 0.477. The van der Waals surface area contributed by atoms with Crippen molar-refractivity contribution in [2.45, 2.75) is 26.8 Å². The van der Waals surface area contributed by atoms with Crippen molar-refractivity contribution < 1.29 is 9.13 Å². The fourth-order valence-corrected chi connectivity index (χ4v) is 2.13. The Hall–Kier alpha value is -1.88. The van der Waals surface area contributed by atoms with Gasteiger partial charge >= 0.3 is 0 Å². The summed E-state index contributed by atoms with van der Waals surface area (Å²) in [6, 6.07) is 4.87. The number of nitrogens with one attached hydrogen (secondary N) is 1. The van der Waals surface area contributed by atoms with E-state index < -0.39 is 0 Å². The Morgan fingerprint density at radius 1 is 1.30 bits per heavy atom. The number of hydrogen-bond acceptors (Lipinski definition) is 3. The van der Waals surface area contributed by atoms with Crippen molar-refractivity contribution in [3.63, 3.8) is 0 Å². The van der Waals surface area contributed by atoms with Crippen molar-refractivity contribution in [1.82, 2.24) is 9.55 Å². The van der Waals surface area contributed by atoms with E-state index in [1.165, 1.54) is 12.1 Å². The van der Waals surface area contributed by atoms with Crippen LogP contribution in [0.15, 0.2) is 24.4 Å². The summed E-state index contributed by atoms with van der Waals surface area (Å²) in [5, 5.41) is 3.17. The van der Waals surface area contributed by atoms with E-state index >= 15 is 0 Å². The van der Waals surface area contributed by atoms with Crippen LogP contribution >= 0.6 is 0 Å². The number of benzene rings is 1. The third kappa shape index (κ3) is 3.81. The lowest BCUT2D eigenvalue weighted by molar-refractivity contribution is 0.190. The molecule has 1 N–H and O–H groups in total. The maximum absolute atomic E-state index is 13.4. The fraction of sp³-hybridized carbons (Fsp3) is 0.400. The molecule has 0 fully saturated rings. The lowest BCUT2D eigenvalue weighted by Crippen LogP contribution is -2.05. The number of halogens is 1. The molecule has 0 bridgehead atoms. The third-order valence-corrected chi connectivity index (χ3v) is 2.94. The van der Waals surface area contributed by atoms with Crippen molar-refractivity contribution in [2.75, 3.05) is 19.0 Å². The van der Waals surface area contributed by atoms with Crippen LogP contribution in [0.4, 0.5) is 16.0 Å². The summed E-state index contributed by atoms with van der Waals surface area (Å²) in [7, 11) is 1.69. The van der Waals surface area contributed by atoms with Crippen LogP contribution in [-0.2, 0) is 11.3 Å². The minimum Gasteiger partial charge on any atom is -0.385 e. The first kappa shape index (κ1) is 14.5. The number of imidazole rings is 1. The van der Waals surface area contributed by atoms with E-state index in [0.29, 0.717) is 12.3 Å². The topological polar surface area (TPSA) is 39.1 Å². The van der Waals surface area contributed by atoms with Gasteiger partial charge in [-0.05, 0) is 44.0 Å². The van der Waals surface area contributed by atoms with E-state index in [1.54, 1.807) is 7.11 Å². The van der Waals surface area contributed by atoms with Gasteiger partial charge < -0.3 is 14.6 Å². The molecule has 108 valence electrons. The molecule has 0 unspecified atom stereocenters. The molecule has 0 aliphatic carbocycles. The molecule has 5 heteroatoms. The number of hydrogen-bond donors (Lipinski definition) is 1. The van der Waals surface area contributed by atoms with E-state index in [0.717, 1.165) is 30.2 Å². The minimum absolute atomic E-state index is 0.248. The van der Waals surface area contributed by atoms with Crippen molar-refractivity contribution in [3.8, 4) is 0 Å². The normalized spacial score (nSPS) is 10.8. The van der Waals surface area contributed by atoms with Crippen molar-refractivity contribution >= 4 is 11.6 Å². The monoisotopic (exact) mass is 277 g/mol. The summed E-state index contributed by atoms with van der Waals surface area (Å²) in [6.45, 7) is 5.32. The zero-order valence-corrected chi connectivity index (χ0v) is 12.1. The predicted octanol–water partition coefficient (Wildman–Crippen LogP) is 3.42. The minimum atomic E-state index is -0.248. The fourth-order valence-electron chi connectivity index (χ4n) is 2.13. The highest BCUT2D eigenvalue weighted by Crippen LogP contribution is 2.19. The van der Waals surface area contributed by atoms with E-state index in [-0.39, 0.29) is 5.82 Å². The predicted molar refractivity (Wildman–Crippen MR) is 77.9 cm³/mol. The lowest BCUT2D eigenvalue weighted by atomic mass is 10.2. The van der Waals surface area contributed by atoms with Crippen LogP contribution in [-0.4, -0.2) is 23.3 Å². The van der Waals surface area contributed by atoms with E-state index in [4.69, 9.17) is 4.74 Å². The number of nitrogens with zero attached hydrogens (tertiary/aromatic N) is 2. The van der Waals surface area contributed by atoms with Gasteiger partial charge in [-0.25, -0.2) is 9.37 Å². The van der Waals surface area contributed by atoms with Crippen LogP contribution in [0.25, 0.3) is 0 Å². The molecule has 2 rings (SSSR count). The first-order valence-corrected chi connectivity index (χ1v) is 6.65. The molecule has 0 spiro atoms. The van der Waals surface area contributed by atoms with Crippen molar-refractivity contribution in [3.05, 3.63) is 41.5 Å². The second kappa shape index (κ2) is 6.52. The van der Waals surface area contributed by atoms with Crippen LogP contribution in [0.5, 0.6) is 0 Å². The van der Waals surface area contributed by atoms with Gasteiger partial charge in [-0.2, -0.15) is 0 Å². The standard InChI is InChI=1S/C15H20FN3O/c1-11-7-13(16)9-14(8-11)18-15-17-12(2)10-19(15)5-4-6-20-3/h7-10H,4-6H2,1-3H3,(H,17,18). The van der Waals surface area contributed by atoms with E-state index in [9.17, 15) is 4.39 Å². The Kier molecular flexibility index (Phi) is 4.74. The van der Waals surface area contributed by atoms with Crippen LogP contribution in [0, 0.1) is 19.7 Å². The lowest BCUT2D eigenvalue weighted by Gasteiger charge is -2.10. The SMILES string of the molecule is COCCCn1cc(C)nc1Nc1cc(C)cc(F)c1. The molecular formula is C15H20FN3O. The molecule has 0 saturated carbocycles. The van der Waals surface area contributed by atoms with Crippen LogP contribution < -0.4 is 5.32 Å². The number of methoxy groups -OCH3 is 1. The Morgan fingerprint density at radius 2 is 2.10 bits per heavy atom. The van der Waals surface area contributed by atoms with Crippen molar-refractivity contribution in [1.29, 1.82) is 0 Å². The molecule has 0 aliphatic rings. The molecule has 1 aromatic carbocycles. The van der Waals surface area contributed by atoms with Gasteiger partial charge in [0.1, 0.15) is 5.82 Å².